The molecule has 1 amide bonds. The van der Waals surface area contributed by atoms with E-state index in [4.69, 9.17) is 4.74 Å². The molecule has 0 heterocycles. The van der Waals surface area contributed by atoms with Crippen molar-refractivity contribution >= 4 is 17.7 Å². The van der Waals surface area contributed by atoms with Crippen LogP contribution in [0.5, 0.6) is 5.75 Å². The summed E-state index contributed by atoms with van der Waals surface area (Å²) in [6, 6.07) is 25.8. The number of hydrogen-bond donors (Lipinski definition) is 1. The van der Waals surface area contributed by atoms with Crippen LogP contribution in [0.4, 0.5) is 0 Å². The van der Waals surface area contributed by atoms with Crippen LogP contribution in [0.3, 0.4) is 0 Å². The van der Waals surface area contributed by atoms with Gasteiger partial charge in [-0.25, -0.2) is 0 Å². The topological polar surface area (TPSA) is 38.3 Å². The van der Waals surface area contributed by atoms with Crippen molar-refractivity contribution in [2.24, 2.45) is 0 Å². The molecule has 28 heavy (non-hydrogen) atoms. The molecule has 3 nitrogen and oxygen atoms in total. The normalized spacial score (nSPS) is 11.6. The van der Waals surface area contributed by atoms with E-state index in [1.165, 1.54) is 5.56 Å². The predicted octanol–water partition coefficient (Wildman–Crippen LogP) is 5.48. The van der Waals surface area contributed by atoms with Gasteiger partial charge in [-0.15, -0.1) is 11.8 Å². The van der Waals surface area contributed by atoms with Gasteiger partial charge in [-0.3, -0.25) is 4.79 Å². The van der Waals surface area contributed by atoms with E-state index in [0.29, 0.717) is 12.2 Å². The number of rotatable bonds is 8. The van der Waals surface area contributed by atoms with Crippen molar-refractivity contribution in [1.82, 2.24) is 5.32 Å². The standard InChI is InChI=1S/C24H25NO2S/c1-18-10-6-8-14-22(18)27-16-19(2)25-24(26)21-13-7-9-15-23(21)28-17-20-11-4-3-5-12-20/h3-15,19H,16-17H2,1-2H3,(H,25,26)/t19-/m0/s1. The zero-order valence-electron chi connectivity index (χ0n) is 16.2. The molecule has 144 valence electrons. The number of hydrogen-bond acceptors (Lipinski definition) is 3. The Balaban J connectivity index is 1.58. The maximum atomic E-state index is 12.8. The molecular formula is C24H25NO2S. The monoisotopic (exact) mass is 391 g/mol. The summed E-state index contributed by atoms with van der Waals surface area (Å²) in [5, 5.41) is 3.05. The predicted molar refractivity (Wildman–Crippen MR) is 116 cm³/mol. The lowest BCUT2D eigenvalue weighted by Crippen LogP contribution is -2.37. The summed E-state index contributed by atoms with van der Waals surface area (Å²) in [7, 11) is 0. The summed E-state index contributed by atoms with van der Waals surface area (Å²) in [6.45, 7) is 4.39. The molecule has 4 heteroatoms. The Morgan fingerprint density at radius 3 is 2.43 bits per heavy atom. The number of ether oxygens (including phenoxy) is 1. The average molecular weight is 392 g/mol. The summed E-state index contributed by atoms with van der Waals surface area (Å²) >= 11 is 1.68. The van der Waals surface area contributed by atoms with Crippen LogP contribution in [-0.2, 0) is 5.75 Å². The van der Waals surface area contributed by atoms with Gasteiger partial charge in [0.25, 0.3) is 5.91 Å². The maximum absolute atomic E-state index is 12.8. The van der Waals surface area contributed by atoms with Gasteiger partial charge in [-0.1, -0.05) is 60.7 Å². The third-order valence-corrected chi connectivity index (χ3v) is 5.47. The Bertz CT molecular complexity index is 911. The first-order valence-electron chi connectivity index (χ1n) is 9.38. The Labute approximate surface area is 171 Å². The fraction of sp³-hybridized carbons (Fsp3) is 0.208. The van der Waals surface area contributed by atoms with Gasteiger partial charge in [-0.05, 0) is 43.2 Å². The average Bonchev–Trinajstić information content (AvgIpc) is 2.72. The van der Waals surface area contributed by atoms with Gasteiger partial charge in [0.05, 0.1) is 11.6 Å². The van der Waals surface area contributed by atoms with Gasteiger partial charge in [0, 0.05) is 10.6 Å². The minimum atomic E-state index is -0.0979. The van der Waals surface area contributed by atoms with Crippen molar-refractivity contribution in [3.05, 3.63) is 95.6 Å². The minimum absolute atomic E-state index is 0.0722. The van der Waals surface area contributed by atoms with E-state index in [0.717, 1.165) is 22.0 Å². The number of carbonyl (C=O) groups is 1. The molecule has 0 aliphatic rings. The van der Waals surface area contributed by atoms with E-state index in [-0.39, 0.29) is 11.9 Å². The molecule has 0 unspecified atom stereocenters. The van der Waals surface area contributed by atoms with E-state index >= 15 is 0 Å². The van der Waals surface area contributed by atoms with E-state index in [1.807, 2.05) is 80.6 Å². The summed E-state index contributed by atoms with van der Waals surface area (Å²) in [5.41, 5.74) is 3.03. The van der Waals surface area contributed by atoms with Crippen molar-refractivity contribution in [3.8, 4) is 5.75 Å². The number of amides is 1. The third kappa shape index (κ3) is 5.64. The molecule has 0 saturated carbocycles. The van der Waals surface area contributed by atoms with Crippen LogP contribution in [-0.4, -0.2) is 18.6 Å². The van der Waals surface area contributed by atoms with Gasteiger partial charge >= 0.3 is 0 Å². The Morgan fingerprint density at radius 2 is 1.64 bits per heavy atom. The van der Waals surface area contributed by atoms with Crippen molar-refractivity contribution in [2.45, 2.75) is 30.5 Å². The quantitative estimate of drug-likeness (QED) is 0.516. The van der Waals surface area contributed by atoms with Gasteiger partial charge < -0.3 is 10.1 Å². The van der Waals surface area contributed by atoms with Crippen molar-refractivity contribution in [2.75, 3.05) is 6.61 Å². The van der Waals surface area contributed by atoms with Crippen LogP contribution in [0.25, 0.3) is 0 Å². The van der Waals surface area contributed by atoms with E-state index in [9.17, 15) is 4.79 Å². The highest BCUT2D eigenvalue weighted by Gasteiger charge is 2.14. The molecule has 0 radical (unpaired) electrons. The first-order chi connectivity index (χ1) is 13.6. The number of carbonyl (C=O) groups excluding carboxylic acids is 1. The minimum Gasteiger partial charge on any atom is -0.491 e. The zero-order valence-corrected chi connectivity index (χ0v) is 17.0. The van der Waals surface area contributed by atoms with Crippen LogP contribution in [0.2, 0.25) is 0 Å². The highest BCUT2D eigenvalue weighted by Crippen LogP contribution is 2.26. The Hall–Kier alpha value is -2.72. The molecule has 0 saturated heterocycles. The van der Waals surface area contributed by atoms with Crippen LogP contribution in [0.1, 0.15) is 28.4 Å². The molecule has 1 N–H and O–H groups in total. The lowest BCUT2D eigenvalue weighted by Gasteiger charge is -2.17. The molecule has 3 aromatic rings. The lowest BCUT2D eigenvalue weighted by molar-refractivity contribution is 0.0923. The highest BCUT2D eigenvalue weighted by molar-refractivity contribution is 7.98. The highest BCUT2D eigenvalue weighted by atomic mass is 32.2. The molecule has 0 aliphatic carbocycles. The second kappa shape index (κ2) is 10.00. The van der Waals surface area contributed by atoms with E-state index < -0.39 is 0 Å². The Morgan fingerprint density at radius 1 is 0.964 bits per heavy atom. The second-order valence-electron chi connectivity index (χ2n) is 6.72. The number of benzene rings is 3. The first-order valence-corrected chi connectivity index (χ1v) is 10.4. The van der Waals surface area contributed by atoms with Gasteiger partial charge in [0.2, 0.25) is 0 Å². The largest absolute Gasteiger partial charge is 0.491 e. The molecule has 0 spiro atoms. The van der Waals surface area contributed by atoms with Gasteiger partial charge in [0.15, 0.2) is 0 Å². The zero-order chi connectivity index (χ0) is 19.8. The third-order valence-electron chi connectivity index (χ3n) is 4.33. The fourth-order valence-electron chi connectivity index (χ4n) is 2.79. The molecule has 0 aliphatic heterocycles. The molecule has 0 bridgehead atoms. The van der Waals surface area contributed by atoms with Crippen LogP contribution in [0.15, 0.2) is 83.8 Å². The van der Waals surface area contributed by atoms with Gasteiger partial charge in [0.1, 0.15) is 12.4 Å². The van der Waals surface area contributed by atoms with Crippen LogP contribution < -0.4 is 10.1 Å². The van der Waals surface area contributed by atoms with E-state index in [1.54, 1.807) is 11.8 Å². The first kappa shape index (κ1) is 20.0. The molecule has 0 fully saturated rings. The molecular weight excluding hydrogens is 366 g/mol. The van der Waals surface area contributed by atoms with Crippen LogP contribution in [0, 0.1) is 6.92 Å². The van der Waals surface area contributed by atoms with E-state index in [2.05, 4.69) is 17.4 Å². The van der Waals surface area contributed by atoms with Gasteiger partial charge in [-0.2, -0.15) is 0 Å². The van der Waals surface area contributed by atoms with Crippen molar-refractivity contribution < 1.29 is 9.53 Å². The SMILES string of the molecule is Cc1ccccc1OC[C@H](C)NC(=O)c1ccccc1SCc1ccccc1. The summed E-state index contributed by atoms with van der Waals surface area (Å²) < 4.78 is 5.85. The molecule has 3 rings (SSSR count). The number of nitrogens with one attached hydrogen (secondary N) is 1. The smallest absolute Gasteiger partial charge is 0.252 e. The summed E-state index contributed by atoms with van der Waals surface area (Å²) in [4.78, 5) is 13.8. The van der Waals surface area contributed by atoms with Crippen LogP contribution >= 0.6 is 11.8 Å². The molecule has 0 aromatic heterocycles. The van der Waals surface area contributed by atoms with Crippen molar-refractivity contribution in [3.63, 3.8) is 0 Å². The molecule has 1 atom stereocenters. The lowest BCUT2D eigenvalue weighted by atomic mass is 10.2. The fourth-order valence-corrected chi connectivity index (χ4v) is 3.80. The number of thioether (sulfide) groups is 1. The summed E-state index contributed by atoms with van der Waals surface area (Å²) in [5.74, 6) is 1.61. The number of para-hydroxylation sites is 1. The molecule has 3 aromatic carbocycles. The number of aryl methyl sites for hydroxylation is 1. The Kier molecular flexibility index (Phi) is 7.15. The summed E-state index contributed by atoms with van der Waals surface area (Å²) in [6.07, 6.45) is 0. The second-order valence-corrected chi connectivity index (χ2v) is 7.74. The maximum Gasteiger partial charge on any atom is 0.252 e. The van der Waals surface area contributed by atoms with Crippen molar-refractivity contribution in [1.29, 1.82) is 0 Å².